The molecule has 3 N–H and O–H groups in total. The molecule has 20 heavy (non-hydrogen) atoms. The Balaban J connectivity index is 2.38. The van der Waals surface area contributed by atoms with Gasteiger partial charge in [0.1, 0.15) is 0 Å². The second-order valence-corrected chi connectivity index (χ2v) is 5.48. The summed E-state index contributed by atoms with van der Waals surface area (Å²) in [5.41, 5.74) is 9.93. The predicted molar refractivity (Wildman–Crippen MR) is 84.4 cm³/mol. The molecular weight excluding hydrogens is 322 g/mol. The molecule has 2 rings (SSSR count). The first-order valence-corrected chi connectivity index (χ1v) is 6.75. The minimum Gasteiger partial charge on any atom is -0.397 e. The van der Waals surface area contributed by atoms with E-state index in [1.54, 1.807) is 6.07 Å². The summed E-state index contributed by atoms with van der Waals surface area (Å²) in [6.07, 6.45) is 0. The Hall–Kier alpha value is -2.08. The lowest BCUT2D eigenvalue weighted by molar-refractivity contribution is -0.384. The summed E-state index contributed by atoms with van der Waals surface area (Å²) in [6.45, 7) is 3.98. The van der Waals surface area contributed by atoms with Gasteiger partial charge in [0.05, 0.1) is 16.3 Å². The normalized spacial score (nSPS) is 10.3. The first kappa shape index (κ1) is 14.3. The molecular formula is C14H14BrN3O2. The van der Waals surface area contributed by atoms with Gasteiger partial charge in [-0.15, -0.1) is 0 Å². The molecule has 2 aromatic rings. The molecule has 0 aliphatic carbocycles. The van der Waals surface area contributed by atoms with Crippen molar-refractivity contribution in [3.8, 4) is 0 Å². The number of hydrogen-bond acceptors (Lipinski definition) is 4. The van der Waals surface area contributed by atoms with E-state index in [1.807, 2.05) is 26.0 Å². The maximum Gasteiger partial charge on any atom is 0.271 e. The average molecular weight is 336 g/mol. The first-order chi connectivity index (χ1) is 9.38. The number of halogens is 1. The van der Waals surface area contributed by atoms with Gasteiger partial charge in [-0.1, -0.05) is 15.9 Å². The van der Waals surface area contributed by atoms with Crippen molar-refractivity contribution in [2.24, 2.45) is 0 Å². The van der Waals surface area contributed by atoms with E-state index in [4.69, 9.17) is 5.73 Å². The van der Waals surface area contributed by atoms with Gasteiger partial charge in [-0.2, -0.15) is 0 Å². The number of benzene rings is 2. The smallest absolute Gasteiger partial charge is 0.271 e. The first-order valence-electron chi connectivity index (χ1n) is 5.96. The van der Waals surface area contributed by atoms with E-state index < -0.39 is 4.92 Å². The van der Waals surface area contributed by atoms with Gasteiger partial charge in [0, 0.05) is 22.3 Å². The van der Waals surface area contributed by atoms with Crippen LogP contribution in [-0.2, 0) is 0 Å². The fourth-order valence-corrected chi connectivity index (χ4v) is 2.71. The van der Waals surface area contributed by atoms with E-state index in [0.29, 0.717) is 11.4 Å². The lowest BCUT2D eigenvalue weighted by atomic mass is 10.1. The number of non-ortho nitro benzene ring substituents is 1. The van der Waals surface area contributed by atoms with Crippen LogP contribution < -0.4 is 11.1 Å². The number of aryl methyl sites for hydroxylation is 2. The topological polar surface area (TPSA) is 81.2 Å². The molecule has 0 atom stereocenters. The van der Waals surface area contributed by atoms with Gasteiger partial charge in [0.15, 0.2) is 0 Å². The number of nitro groups is 1. The molecule has 0 spiro atoms. The Morgan fingerprint density at radius 3 is 2.30 bits per heavy atom. The third-order valence-corrected chi connectivity index (χ3v) is 3.46. The Morgan fingerprint density at radius 1 is 1.20 bits per heavy atom. The number of nitrogens with two attached hydrogens (primary N) is 1. The third-order valence-electron chi connectivity index (χ3n) is 3.00. The van der Waals surface area contributed by atoms with E-state index >= 15 is 0 Å². The van der Waals surface area contributed by atoms with Crippen molar-refractivity contribution >= 4 is 38.7 Å². The van der Waals surface area contributed by atoms with Crippen molar-refractivity contribution in [1.29, 1.82) is 0 Å². The highest BCUT2D eigenvalue weighted by Gasteiger charge is 2.11. The van der Waals surface area contributed by atoms with E-state index in [2.05, 4.69) is 21.2 Å². The van der Waals surface area contributed by atoms with Crippen molar-refractivity contribution in [3.05, 3.63) is 56.0 Å². The van der Waals surface area contributed by atoms with Crippen molar-refractivity contribution < 1.29 is 4.92 Å². The molecule has 0 bridgehead atoms. The fourth-order valence-electron chi connectivity index (χ4n) is 2.02. The molecule has 0 aromatic heterocycles. The molecule has 0 fully saturated rings. The van der Waals surface area contributed by atoms with Crippen molar-refractivity contribution in [2.75, 3.05) is 11.1 Å². The van der Waals surface area contributed by atoms with E-state index in [-0.39, 0.29) is 5.69 Å². The zero-order chi connectivity index (χ0) is 14.9. The van der Waals surface area contributed by atoms with Gasteiger partial charge in [-0.3, -0.25) is 10.1 Å². The quantitative estimate of drug-likeness (QED) is 0.497. The molecule has 0 aliphatic heterocycles. The standard InChI is InChI=1S/C14H14BrN3O2/c1-8-5-10(15)6-9(2)14(8)17-13-4-3-11(18(19)20)7-12(13)16/h3-7,17H,16H2,1-2H3. The van der Waals surface area contributed by atoms with Crippen LogP contribution in [0.2, 0.25) is 0 Å². The van der Waals surface area contributed by atoms with Gasteiger partial charge >= 0.3 is 0 Å². The molecule has 0 radical (unpaired) electrons. The number of anilines is 3. The molecule has 0 saturated heterocycles. The summed E-state index contributed by atoms with van der Waals surface area (Å²) in [6, 6.07) is 8.40. The number of nitrogens with one attached hydrogen (secondary N) is 1. The van der Waals surface area contributed by atoms with Crippen LogP contribution in [0.1, 0.15) is 11.1 Å². The van der Waals surface area contributed by atoms with Gasteiger partial charge in [-0.05, 0) is 43.2 Å². The summed E-state index contributed by atoms with van der Waals surface area (Å²) < 4.78 is 1.01. The average Bonchev–Trinajstić information content (AvgIpc) is 2.34. The van der Waals surface area contributed by atoms with Crippen molar-refractivity contribution in [3.63, 3.8) is 0 Å². The highest BCUT2D eigenvalue weighted by atomic mass is 79.9. The Bertz CT molecular complexity index is 663. The second-order valence-electron chi connectivity index (χ2n) is 4.57. The number of rotatable bonds is 3. The van der Waals surface area contributed by atoms with Crippen LogP contribution in [0.4, 0.5) is 22.7 Å². The van der Waals surface area contributed by atoms with Crippen LogP contribution in [-0.4, -0.2) is 4.92 Å². The second kappa shape index (κ2) is 5.50. The maximum absolute atomic E-state index is 10.7. The van der Waals surface area contributed by atoms with Crippen LogP contribution in [0, 0.1) is 24.0 Å². The maximum atomic E-state index is 10.7. The van der Waals surface area contributed by atoms with Gasteiger partial charge < -0.3 is 11.1 Å². The van der Waals surface area contributed by atoms with Crippen LogP contribution in [0.5, 0.6) is 0 Å². The molecule has 104 valence electrons. The minimum absolute atomic E-state index is 0.0164. The molecule has 6 heteroatoms. The number of hydrogen-bond donors (Lipinski definition) is 2. The minimum atomic E-state index is -0.462. The highest BCUT2D eigenvalue weighted by Crippen LogP contribution is 2.31. The largest absolute Gasteiger partial charge is 0.397 e. The van der Waals surface area contributed by atoms with E-state index in [0.717, 1.165) is 21.3 Å². The van der Waals surface area contributed by atoms with E-state index in [9.17, 15) is 10.1 Å². The Morgan fingerprint density at radius 2 is 1.80 bits per heavy atom. The summed E-state index contributed by atoms with van der Waals surface area (Å²) in [5, 5.41) is 13.9. The number of nitro benzene ring substituents is 1. The van der Waals surface area contributed by atoms with Crippen LogP contribution in [0.15, 0.2) is 34.8 Å². The van der Waals surface area contributed by atoms with Crippen molar-refractivity contribution in [2.45, 2.75) is 13.8 Å². The zero-order valence-corrected chi connectivity index (χ0v) is 12.7. The van der Waals surface area contributed by atoms with Crippen LogP contribution in [0.25, 0.3) is 0 Å². The van der Waals surface area contributed by atoms with Crippen molar-refractivity contribution in [1.82, 2.24) is 0 Å². The van der Waals surface area contributed by atoms with E-state index in [1.165, 1.54) is 12.1 Å². The fraction of sp³-hybridized carbons (Fsp3) is 0.143. The molecule has 5 nitrogen and oxygen atoms in total. The summed E-state index contributed by atoms with van der Waals surface area (Å²) in [5.74, 6) is 0. The predicted octanol–water partition coefficient (Wildman–Crippen LogP) is 4.30. The summed E-state index contributed by atoms with van der Waals surface area (Å²) in [4.78, 5) is 10.2. The number of nitrogen functional groups attached to an aromatic ring is 1. The third kappa shape index (κ3) is 2.91. The lowest BCUT2D eigenvalue weighted by Gasteiger charge is -2.15. The monoisotopic (exact) mass is 335 g/mol. The summed E-state index contributed by atoms with van der Waals surface area (Å²) in [7, 11) is 0. The summed E-state index contributed by atoms with van der Waals surface area (Å²) >= 11 is 3.45. The molecule has 0 aliphatic rings. The van der Waals surface area contributed by atoms with Crippen LogP contribution >= 0.6 is 15.9 Å². The highest BCUT2D eigenvalue weighted by molar-refractivity contribution is 9.10. The lowest BCUT2D eigenvalue weighted by Crippen LogP contribution is -2.01. The Kier molecular flexibility index (Phi) is 3.94. The molecule has 2 aromatic carbocycles. The van der Waals surface area contributed by atoms with Gasteiger partial charge in [0.25, 0.3) is 5.69 Å². The van der Waals surface area contributed by atoms with Crippen LogP contribution in [0.3, 0.4) is 0 Å². The molecule has 0 unspecified atom stereocenters. The van der Waals surface area contributed by atoms with Gasteiger partial charge in [-0.25, -0.2) is 0 Å². The molecule has 0 saturated carbocycles. The van der Waals surface area contributed by atoms with Gasteiger partial charge in [0.2, 0.25) is 0 Å². The SMILES string of the molecule is Cc1cc(Br)cc(C)c1Nc1ccc([N+](=O)[O-])cc1N. The molecule has 0 heterocycles. The Labute approximate surface area is 125 Å². The zero-order valence-electron chi connectivity index (χ0n) is 11.1. The number of nitrogens with zero attached hydrogens (tertiary/aromatic N) is 1. The molecule has 0 amide bonds.